The molecule has 1 aliphatic rings. The maximum absolute atomic E-state index is 11.9. The smallest absolute Gasteiger partial charge is 0.343 e. The summed E-state index contributed by atoms with van der Waals surface area (Å²) in [6.45, 7) is 3.37. The van der Waals surface area contributed by atoms with E-state index in [0.717, 1.165) is 5.56 Å². The van der Waals surface area contributed by atoms with Crippen LogP contribution in [-0.2, 0) is 19.1 Å². The highest BCUT2D eigenvalue weighted by Gasteiger charge is 2.27. The molecule has 0 aliphatic carbocycles. The average Bonchev–Trinajstić information content (AvgIpc) is 2.87. The summed E-state index contributed by atoms with van der Waals surface area (Å²) >= 11 is 0. The maximum Gasteiger partial charge on any atom is 0.343 e. The Morgan fingerprint density at radius 1 is 1.24 bits per heavy atom. The summed E-state index contributed by atoms with van der Waals surface area (Å²) in [6.07, 6.45) is 1.63. The van der Waals surface area contributed by atoms with Gasteiger partial charge in [-0.25, -0.2) is 14.6 Å². The molecule has 0 amide bonds. The first kappa shape index (κ1) is 18.3. The highest BCUT2D eigenvalue weighted by Crippen LogP contribution is 2.26. The lowest BCUT2D eigenvalue weighted by Crippen LogP contribution is -2.13. The van der Waals surface area contributed by atoms with E-state index in [4.69, 9.17) is 9.47 Å². The zero-order chi connectivity index (χ0) is 18.4. The van der Waals surface area contributed by atoms with Gasteiger partial charge in [0.25, 0.3) is 0 Å². The van der Waals surface area contributed by atoms with Crippen LogP contribution in [0.15, 0.2) is 46.3 Å². The zero-order valence-electron chi connectivity index (χ0n) is 14.2. The Labute approximate surface area is 145 Å². The standard InChI is InChI=1S/C18H19NO6/c1-4-24-18(22)16-11(2)19-14(17(16)21)9-12-5-7-13(8-6-12)25-10-15(20)23-3/h5-9,21H,4,10H2,1-3H3/b14-9+. The second-order valence-corrected chi connectivity index (χ2v) is 5.10. The number of hydrogen-bond acceptors (Lipinski definition) is 7. The fourth-order valence-electron chi connectivity index (χ4n) is 2.16. The first-order valence-corrected chi connectivity index (χ1v) is 7.64. The normalized spacial score (nSPS) is 15.2. The Morgan fingerprint density at radius 2 is 1.92 bits per heavy atom. The van der Waals surface area contributed by atoms with Crippen molar-refractivity contribution in [3.8, 4) is 5.75 Å². The SMILES string of the molecule is CCOC(=O)C1=C(O)/C(=C\c2ccc(OCC(=O)OC)cc2)N=C1C. The molecule has 0 saturated heterocycles. The van der Waals surface area contributed by atoms with Gasteiger partial charge < -0.3 is 19.3 Å². The van der Waals surface area contributed by atoms with Gasteiger partial charge in [0.1, 0.15) is 17.0 Å². The lowest BCUT2D eigenvalue weighted by Gasteiger charge is -2.05. The first-order chi connectivity index (χ1) is 12.0. The van der Waals surface area contributed by atoms with Crippen LogP contribution in [0.25, 0.3) is 6.08 Å². The zero-order valence-corrected chi connectivity index (χ0v) is 14.2. The van der Waals surface area contributed by atoms with Crippen LogP contribution < -0.4 is 4.74 Å². The van der Waals surface area contributed by atoms with E-state index in [-0.39, 0.29) is 30.2 Å². The molecule has 0 bridgehead atoms. The number of rotatable bonds is 6. The van der Waals surface area contributed by atoms with Gasteiger partial charge in [0.05, 0.1) is 19.4 Å². The van der Waals surface area contributed by atoms with Crippen molar-refractivity contribution in [2.75, 3.05) is 20.3 Å². The minimum Gasteiger partial charge on any atom is -0.505 e. The van der Waals surface area contributed by atoms with Gasteiger partial charge in [-0.2, -0.15) is 0 Å². The molecule has 0 aromatic heterocycles. The van der Waals surface area contributed by atoms with Crippen molar-refractivity contribution < 1.29 is 28.9 Å². The summed E-state index contributed by atoms with van der Waals surface area (Å²) in [4.78, 5) is 27.1. The van der Waals surface area contributed by atoms with Crippen molar-refractivity contribution in [2.45, 2.75) is 13.8 Å². The van der Waals surface area contributed by atoms with E-state index in [9.17, 15) is 14.7 Å². The van der Waals surface area contributed by atoms with Gasteiger partial charge in [0.15, 0.2) is 12.4 Å². The van der Waals surface area contributed by atoms with Crippen LogP contribution in [0, 0.1) is 0 Å². The summed E-state index contributed by atoms with van der Waals surface area (Å²) in [5.74, 6) is -0.771. The molecule has 1 heterocycles. The Kier molecular flexibility index (Phi) is 5.94. The molecule has 132 valence electrons. The van der Waals surface area contributed by atoms with Crippen LogP contribution in [0.5, 0.6) is 5.75 Å². The van der Waals surface area contributed by atoms with Crippen molar-refractivity contribution in [3.63, 3.8) is 0 Å². The van der Waals surface area contributed by atoms with E-state index in [1.54, 1.807) is 44.2 Å². The fraction of sp³-hybridized carbons (Fsp3) is 0.278. The van der Waals surface area contributed by atoms with Crippen LogP contribution in [-0.4, -0.2) is 43.1 Å². The van der Waals surface area contributed by atoms with Crippen LogP contribution >= 0.6 is 0 Å². The van der Waals surface area contributed by atoms with Gasteiger partial charge in [0, 0.05) is 0 Å². The molecule has 0 spiro atoms. The van der Waals surface area contributed by atoms with Gasteiger partial charge in [-0.15, -0.1) is 0 Å². The predicted octanol–water partition coefficient (Wildman–Crippen LogP) is 2.43. The summed E-state index contributed by atoms with van der Waals surface area (Å²) in [5.41, 5.74) is 1.50. The lowest BCUT2D eigenvalue weighted by molar-refractivity contribution is -0.143. The minimum absolute atomic E-state index is 0.0751. The molecule has 1 aliphatic heterocycles. The molecule has 1 N–H and O–H groups in total. The molecule has 0 unspecified atom stereocenters. The number of carbonyl (C=O) groups is 2. The molecule has 0 saturated carbocycles. The summed E-state index contributed by atoms with van der Waals surface area (Å²) in [7, 11) is 1.29. The third-order valence-corrected chi connectivity index (χ3v) is 3.38. The Bertz CT molecular complexity index is 758. The number of benzene rings is 1. The molecular formula is C18H19NO6. The van der Waals surface area contributed by atoms with Crippen molar-refractivity contribution in [2.24, 2.45) is 4.99 Å². The quantitative estimate of drug-likeness (QED) is 0.796. The predicted molar refractivity (Wildman–Crippen MR) is 91.3 cm³/mol. The number of nitrogens with zero attached hydrogens (tertiary/aromatic N) is 1. The number of ether oxygens (including phenoxy) is 3. The second kappa shape index (κ2) is 8.14. The van der Waals surface area contributed by atoms with Crippen molar-refractivity contribution in [1.82, 2.24) is 0 Å². The lowest BCUT2D eigenvalue weighted by atomic mass is 10.1. The fourth-order valence-corrected chi connectivity index (χ4v) is 2.16. The molecular weight excluding hydrogens is 326 g/mol. The third kappa shape index (κ3) is 4.47. The van der Waals surface area contributed by atoms with E-state index >= 15 is 0 Å². The number of aliphatic imine (C=N–C) groups is 1. The van der Waals surface area contributed by atoms with Gasteiger partial charge in [-0.3, -0.25) is 0 Å². The maximum atomic E-state index is 11.9. The highest BCUT2D eigenvalue weighted by atomic mass is 16.6. The molecule has 1 aromatic carbocycles. The first-order valence-electron chi connectivity index (χ1n) is 7.64. The number of aliphatic hydroxyl groups is 1. The van der Waals surface area contributed by atoms with Crippen LogP contribution in [0.3, 0.4) is 0 Å². The van der Waals surface area contributed by atoms with Crippen LogP contribution in [0.2, 0.25) is 0 Å². The monoisotopic (exact) mass is 345 g/mol. The number of methoxy groups -OCH3 is 1. The molecule has 25 heavy (non-hydrogen) atoms. The van der Waals surface area contributed by atoms with Gasteiger partial charge in [-0.1, -0.05) is 12.1 Å². The second-order valence-electron chi connectivity index (χ2n) is 5.10. The average molecular weight is 345 g/mol. The van der Waals surface area contributed by atoms with E-state index in [2.05, 4.69) is 9.73 Å². The van der Waals surface area contributed by atoms with Crippen molar-refractivity contribution in [3.05, 3.63) is 46.9 Å². The third-order valence-electron chi connectivity index (χ3n) is 3.38. The minimum atomic E-state index is -0.601. The largest absolute Gasteiger partial charge is 0.505 e. The van der Waals surface area contributed by atoms with Gasteiger partial charge in [0.2, 0.25) is 0 Å². The number of hydrogen-bond donors (Lipinski definition) is 1. The van der Waals surface area contributed by atoms with E-state index in [1.807, 2.05) is 0 Å². The van der Waals surface area contributed by atoms with Crippen molar-refractivity contribution in [1.29, 1.82) is 0 Å². The summed E-state index contributed by atoms with van der Waals surface area (Å²) < 4.78 is 14.7. The molecule has 7 nitrogen and oxygen atoms in total. The Hall–Kier alpha value is -3.09. The number of esters is 2. The van der Waals surface area contributed by atoms with E-state index < -0.39 is 11.9 Å². The van der Waals surface area contributed by atoms with Gasteiger partial charge >= 0.3 is 11.9 Å². The van der Waals surface area contributed by atoms with Crippen LogP contribution in [0.1, 0.15) is 19.4 Å². The molecule has 2 rings (SSSR count). The summed E-state index contributed by atoms with van der Waals surface area (Å²) in [5, 5.41) is 10.2. The molecule has 7 heteroatoms. The molecule has 0 atom stereocenters. The van der Waals surface area contributed by atoms with Crippen molar-refractivity contribution >= 4 is 23.7 Å². The number of carbonyl (C=O) groups excluding carboxylic acids is 2. The number of aliphatic hydroxyl groups excluding tert-OH is 1. The Balaban J connectivity index is 2.15. The van der Waals surface area contributed by atoms with Gasteiger partial charge in [-0.05, 0) is 37.6 Å². The van der Waals surface area contributed by atoms with E-state index in [1.165, 1.54) is 7.11 Å². The summed E-state index contributed by atoms with van der Waals surface area (Å²) in [6, 6.07) is 6.82. The van der Waals surface area contributed by atoms with E-state index in [0.29, 0.717) is 11.5 Å². The Morgan fingerprint density at radius 3 is 2.52 bits per heavy atom. The van der Waals surface area contributed by atoms with Crippen LogP contribution in [0.4, 0.5) is 0 Å². The molecule has 0 fully saturated rings. The molecule has 1 aromatic rings. The highest BCUT2D eigenvalue weighted by molar-refractivity contribution is 6.22. The topological polar surface area (TPSA) is 94.4 Å². The molecule has 0 radical (unpaired) electrons.